The van der Waals surface area contributed by atoms with Crippen LogP contribution in [0.5, 0.6) is 0 Å². The predicted molar refractivity (Wildman–Crippen MR) is 99.5 cm³/mol. The molecule has 1 saturated heterocycles. The van der Waals surface area contributed by atoms with Crippen molar-refractivity contribution in [1.29, 1.82) is 0 Å². The second-order valence-corrected chi connectivity index (χ2v) is 9.67. The lowest BCUT2D eigenvalue weighted by Crippen LogP contribution is -2.33. The molecule has 3 rings (SSSR count). The maximum atomic E-state index is 13.1. The second-order valence-electron chi connectivity index (χ2n) is 7.36. The van der Waals surface area contributed by atoms with Crippen molar-refractivity contribution >= 4 is 38.4 Å². The summed E-state index contributed by atoms with van der Waals surface area (Å²) in [5.41, 5.74) is -0.598. The Morgan fingerprint density at radius 3 is 2.73 bits per heavy atom. The number of carbonyl (C=O) groups excluding carboxylic acids is 1. The van der Waals surface area contributed by atoms with Crippen LogP contribution in [0, 0.1) is 5.92 Å². The molecule has 1 aromatic carbocycles. The summed E-state index contributed by atoms with van der Waals surface area (Å²) in [5, 5.41) is 1.39. The first kappa shape index (κ1) is 19.1. The van der Waals surface area contributed by atoms with Gasteiger partial charge in [-0.2, -0.15) is 4.31 Å². The Balaban J connectivity index is 1.90. The predicted octanol–water partition coefficient (Wildman–Crippen LogP) is 3.24. The Morgan fingerprint density at radius 1 is 1.31 bits per heavy atom. The molecule has 1 aliphatic heterocycles. The number of esters is 1. The summed E-state index contributed by atoms with van der Waals surface area (Å²) in [6.45, 7) is 5.75. The molecular weight excluding hydrogens is 376 g/mol. The molecule has 1 fully saturated rings. The number of nitrogens with zero attached hydrogens (tertiary/aromatic N) is 2. The maximum absolute atomic E-state index is 13.1. The molecule has 0 saturated carbocycles. The number of hydrogen-bond acceptors (Lipinski definition) is 5. The second kappa shape index (κ2) is 6.79. The van der Waals surface area contributed by atoms with Crippen molar-refractivity contribution in [3.63, 3.8) is 0 Å². The lowest BCUT2D eigenvalue weighted by molar-refractivity contribution is -0.159. The van der Waals surface area contributed by atoms with Crippen molar-refractivity contribution in [3.05, 3.63) is 35.6 Å². The number of carbonyl (C=O) groups is 1. The number of sulfonamides is 1. The van der Waals surface area contributed by atoms with E-state index in [1.165, 1.54) is 16.6 Å². The zero-order valence-corrected chi connectivity index (χ0v) is 16.5. The first-order chi connectivity index (χ1) is 12.1. The molecule has 6 nitrogen and oxygen atoms in total. The number of benzene rings is 1. The quantitative estimate of drug-likeness (QED) is 0.744. The van der Waals surface area contributed by atoms with Crippen LogP contribution in [-0.2, 0) is 19.6 Å². The molecule has 26 heavy (non-hydrogen) atoms. The number of halogens is 1. The number of fused-ring (bicyclic) bond motifs is 1. The van der Waals surface area contributed by atoms with Gasteiger partial charge in [-0.3, -0.25) is 9.78 Å². The van der Waals surface area contributed by atoms with Crippen molar-refractivity contribution in [2.75, 3.05) is 13.1 Å². The van der Waals surface area contributed by atoms with Crippen molar-refractivity contribution in [2.45, 2.75) is 37.7 Å². The van der Waals surface area contributed by atoms with Gasteiger partial charge in [0.15, 0.2) is 0 Å². The van der Waals surface area contributed by atoms with Gasteiger partial charge in [-0.05, 0) is 33.3 Å². The van der Waals surface area contributed by atoms with Crippen LogP contribution >= 0.6 is 11.6 Å². The molecule has 0 N–H and O–H groups in total. The molecule has 140 valence electrons. The molecule has 0 aliphatic carbocycles. The molecule has 2 aromatic rings. The van der Waals surface area contributed by atoms with Gasteiger partial charge in [0.2, 0.25) is 10.0 Å². The molecule has 0 bridgehead atoms. The number of aromatic nitrogens is 1. The van der Waals surface area contributed by atoms with E-state index < -0.39 is 21.5 Å². The van der Waals surface area contributed by atoms with E-state index in [1.54, 1.807) is 39.1 Å². The lowest BCUT2D eigenvalue weighted by Gasteiger charge is -2.22. The molecule has 1 aromatic heterocycles. The standard InChI is InChI=1S/C18H21ClN2O4S/c1-18(2,3)25-17(22)13-7-8-21(11-13)26(23,24)15-6-4-5-12-9-20-10-14(19)16(12)15/h4-6,9-10,13H,7-8,11H2,1-3H3. The van der Waals surface area contributed by atoms with E-state index in [2.05, 4.69) is 4.98 Å². The molecule has 8 heteroatoms. The summed E-state index contributed by atoms with van der Waals surface area (Å²) in [5.74, 6) is -0.827. The summed E-state index contributed by atoms with van der Waals surface area (Å²) in [7, 11) is -3.78. The van der Waals surface area contributed by atoms with E-state index in [0.29, 0.717) is 17.2 Å². The van der Waals surface area contributed by atoms with Gasteiger partial charge in [-0.25, -0.2) is 8.42 Å². The van der Waals surface area contributed by atoms with Crippen molar-refractivity contribution in [3.8, 4) is 0 Å². The van der Waals surface area contributed by atoms with Crippen LogP contribution in [-0.4, -0.2) is 42.4 Å². The normalized spacial score (nSPS) is 19.0. The maximum Gasteiger partial charge on any atom is 0.310 e. The van der Waals surface area contributed by atoms with Crippen LogP contribution in [0.15, 0.2) is 35.5 Å². The van der Waals surface area contributed by atoms with E-state index in [1.807, 2.05) is 0 Å². The fourth-order valence-electron chi connectivity index (χ4n) is 3.04. The monoisotopic (exact) mass is 396 g/mol. The van der Waals surface area contributed by atoms with Crippen LogP contribution in [0.1, 0.15) is 27.2 Å². The highest BCUT2D eigenvalue weighted by Gasteiger charge is 2.38. The number of rotatable bonds is 3. The van der Waals surface area contributed by atoms with Gasteiger partial charge in [0.25, 0.3) is 0 Å². The first-order valence-corrected chi connectivity index (χ1v) is 10.2. The summed E-state index contributed by atoms with van der Waals surface area (Å²) in [4.78, 5) is 16.4. The van der Waals surface area contributed by atoms with E-state index in [9.17, 15) is 13.2 Å². The first-order valence-electron chi connectivity index (χ1n) is 8.35. The van der Waals surface area contributed by atoms with Crippen LogP contribution in [0.4, 0.5) is 0 Å². The van der Waals surface area contributed by atoms with Crippen LogP contribution < -0.4 is 0 Å². The summed E-state index contributed by atoms with van der Waals surface area (Å²) < 4.78 is 33.0. The Morgan fingerprint density at radius 2 is 2.04 bits per heavy atom. The van der Waals surface area contributed by atoms with Gasteiger partial charge in [0, 0.05) is 36.3 Å². The van der Waals surface area contributed by atoms with E-state index in [4.69, 9.17) is 16.3 Å². The summed E-state index contributed by atoms with van der Waals surface area (Å²) in [6, 6.07) is 4.96. The molecule has 2 heterocycles. The largest absolute Gasteiger partial charge is 0.460 e. The fraction of sp³-hybridized carbons (Fsp3) is 0.444. The minimum atomic E-state index is -3.78. The Bertz CT molecular complexity index is 948. The van der Waals surface area contributed by atoms with Gasteiger partial charge in [0.05, 0.1) is 15.8 Å². The highest BCUT2D eigenvalue weighted by Crippen LogP contribution is 2.33. The van der Waals surface area contributed by atoms with Crippen LogP contribution in [0.2, 0.25) is 5.02 Å². The van der Waals surface area contributed by atoms with Crippen LogP contribution in [0.25, 0.3) is 10.8 Å². The van der Waals surface area contributed by atoms with Gasteiger partial charge < -0.3 is 4.74 Å². The highest BCUT2D eigenvalue weighted by molar-refractivity contribution is 7.89. The molecule has 0 spiro atoms. The highest BCUT2D eigenvalue weighted by atomic mass is 35.5. The summed E-state index contributed by atoms with van der Waals surface area (Å²) >= 11 is 6.21. The Labute approximate surface area is 158 Å². The van der Waals surface area contributed by atoms with Crippen LogP contribution in [0.3, 0.4) is 0 Å². The molecule has 1 unspecified atom stereocenters. The molecule has 0 radical (unpaired) electrons. The topological polar surface area (TPSA) is 76.6 Å². The minimum absolute atomic E-state index is 0.107. The molecule has 1 aliphatic rings. The average Bonchev–Trinajstić information content (AvgIpc) is 3.04. The average molecular weight is 397 g/mol. The van der Waals surface area contributed by atoms with Gasteiger partial charge >= 0.3 is 5.97 Å². The van der Waals surface area contributed by atoms with Crippen molar-refractivity contribution < 1.29 is 17.9 Å². The zero-order chi connectivity index (χ0) is 19.1. The third kappa shape index (κ3) is 3.70. The van der Waals surface area contributed by atoms with E-state index in [0.717, 1.165) is 0 Å². The Hall–Kier alpha value is -1.70. The molecule has 1 atom stereocenters. The van der Waals surface area contributed by atoms with Crippen molar-refractivity contribution in [1.82, 2.24) is 9.29 Å². The van der Waals surface area contributed by atoms with Gasteiger partial charge in [0.1, 0.15) is 5.60 Å². The van der Waals surface area contributed by atoms with Gasteiger partial charge in [-0.15, -0.1) is 0 Å². The van der Waals surface area contributed by atoms with E-state index >= 15 is 0 Å². The van der Waals surface area contributed by atoms with Gasteiger partial charge in [-0.1, -0.05) is 23.7 Å². The number of ether oxygens (including phenoxy) is 1. The smallest absolute Gasteiger partial charge is 0.310 e. The zero-order valence-electron chi connectivity index (χ0n) is 14.9. The summed E-state index contributed by atoms with van der Waals surface area (Å²) in [6.07, 6.45) is 3.44. The third-order valence-electron chi connectivity index (χ3n) is 4.21. The molecule has 0 amide bonds. The fourth-order valence-corrected chi connectivity index (χ4v) is 5.10. The van der Waals surface area contributed by atoms with Crippen molar-refractivity contribution in [2.24, 2.45) is 5.92 Å². The Kier molecular flexibility index (Phi) is 4.98. The molecular formula is C18H21ClN2O4S. The van der Waals surface area contributed by atoms with E-state index in [-0.39, 0.29) is 29.0 Å². The lowest BCUT2D eigenvalue weighted by atomic mass is 10.1. The number of pyridine rings is 1. The minimum Gasteiger partial charge on any atom is -0.460 e. The third-order valence-corrected chi connectivity index (χ3v) is 6.40. The number of hydrogen-bond donors (Lipinski definition) is 0. The SMILES string of the molecule is CC(C)(C)OC(=O)C1CCN(S(=O)(=O)c2cccc3cncc(Cl)c23)C1.